The molecule has 0 saturated carbocycles. The Morgan fingerprint density at radius 3 is 2.37 bits per heavy atom. The molecule has 19 heavy (non-hydrogen) atoms. The lowest BCUT2D eigenvalue weighted by Crippen LogP contribution is -2.70. The van der Waals surface area contributed by atoms with Gasteiger partial charge in [0.25, 0.3) is 5.97 Å². The second-order valence-electron chi connectivity index (χ2n) is 5.95. The number of nitrogens with zero attached hydrogens (tertiary/aromatic N) is 1. The van der Waals surface area contributed by atoms with E-state index in [4.69, 9.17) is 10.5 Å². The van der Waals surface area contributed by atoms with Crippen LogP contribution in [-0.2, 0) is 4.74 Å². The molecule has 112 valence electrons. The van der Waals surface area contributed by atoms with Crippen molar-refractivity contribution in [2.45, 2.75) is 50.5 Å². The third kappa shape index (κ3) is 4.00. The van der Waals surface area contributed by atoms with E-state index < -0.39 is 42.3 Å². The highest BCUT2D eigenvalue weighted by atomic mass is 19.1. The number of piperidine rings is 1. The average molecular weight is 280 g/mol. The number of hydrogen-bond donors (Lipinski definition) is 4. The number of carbonyl (C=O) groups is 1. The summed E-state index contributed by atoms with van der Waals surface area (Å²) in [5, 5.41) is 27.6. The topological polar surface area (TPSA) is 116 Å². The number of amides is 1. The summed E-state index contributed by atoms with van der Waals surface area (Å²) in [5.41, 5.74) is 2.74. The minimum atomic E-state index is -3.28. The molecule has 0 aromatic heterocycles. The van der Waals surface area contributed by atoms with E-state index in [0.29, 0.717) is 0 Å². The standard InChI is InChI=1S/C11H21FN2O5/c1-9(2,3)19-8(15)14-5-7(12)4-10(13,6-14)11(16,17)18/h7,16-18H,4-6,13H2,1-3H3. The van der Waals surface area contributed by atoms with Gasteiger partial charge >= 0.3 is 6.09 Å². The number of aliphatic hydroxyl groups is 3. The summed E-state index contributed by atoms with van der Waals surface area (Å²) >= 11 is 0. The quantitative estimate of drug-likeness (QED) is 0.472. The Morgan fingerprint density at radius 2 is 1.95 bits per heavy atom. The predicted octanol–water partition coefficient (Wildman–Crippen LogP) is -0.706. The van der Waals surface area contributed by atoms with Crippen LogP contribution in [0.15, 0.2) is 0 Å². The van der Waals surface area contributed by atoms with Crippen molar-refractivity contribution in [3.63, 3.8) is 0 Å². The molecule has 7 nitrogen and oxygen atoms in total. The molecule has 1 heterocycles. The maximum atomic E-state index is 13.6. The smallest absolute Gasteiger partial charge is 0.410 e. The molecular formula is C11H21FN2O5. The van der Waals surface area contributed by atoms with Gasteiger partial charge in [-0.1, -0.05) is 0 Å². The van der Waals surface area contributed by atoms with Gasteiger partial charge in [-0.2, -0.15) is 0 Å². The van der Waals surface area contributed by atoms with Gasteiger partial charge in [-0.3, -0.25) is 0 Å². The number of rotatable bonds is 1. The van der Waals surface area contributed by atoms with E-state index in [9.17, 15) is 24.5 Å². The van der Waals surface area contributed by atoms with Crippen LogP contribution in [-0.4, -0.2) is 62.7 Å². The number of carbonyl (C=O) groups excluding carboxylic acids is 1. The number of halogens is 1. The van der Waals surface area contributed by atoms with Crippen LogP contribution in [0.1, 0.15) is 27.2 Å². The van der Waals surface area contributed by atoms with Crippen molar-refractivity contribution in [3.8, 4) is 0 Å². The summed E-state index contributed by atoms with van der Waals surface area (Å²) in [6.07, 6.45) is -2.89. The Bertz CT molecular complexity index is 352. The lowest BCUT2D eigenvalue weighted by molar-refractivity contribution is -0.354. The predicted molar refractivity (Wildman–Crippen MR) is 63.6 cm³/mol. The number of ether oxygens (including phenoxy) is 1. The van der Waals surface area contributed by atoms with Gasteiger partial charge in [0.05, 0.1) is 13.1 Å². The highest BCUT2D eigenvalue weighted by molar-refractivity contribution is 5.68. The molecule has 1 saturated heterocycles. The van der Waals surface area contributed by atoms with E-state index in [2.05, 4.69) is 0 Å². The third-order valence-electron chi connectivity index (χ3n) is 2.80. The Morgan fingerprint density at radius 1 is 1.42 bits per heavy atom. The Kier molecular flexibility index (Phi) is 4.12. The number of hydrogen-bond acceptors (Lipinski definition) is 6. The molecule has 1 amide bonds. The van der Waals surface area contributed by atoms with Crippen LogP contribution in [0, 0.1) is 0 Å². The number of nitrogens with two attached hydrogens (primary N) is 1. The first-order chi connectivity index (χ1) is 8.34. The number of likely N-dealkylation sites (tertiary alicyclic amines) is 1. The van der Waals surface area contributed by atoms with Gasteiger partial charge in [0.15, 0.2) is 0 Å². The van der Waals surface area contributed by atoms with Gasteiger partial charge < -0.3 is 30.7 Å². The minimum absolute atomic E-state index is 0.274. The fourth-order valence-electron chi connectivity index (χ4n) is 1.88. The zero-order valence-corrected chi connectivity index (χ0v) is 11.3. The molecule has 1 aliphatic heterocycles. The highest BCUT2D eigenvalue weighted by Crippen LogP contribution is 2.29. The fourth-order valence-corrected chi connectivity index (χ4v) is 1.88. The molecule has 2 atom stereocenters. The monoisotopic (exact) mass is 280 g/mol. The summed E-state index contributed by atoms with van der Waals surface area (Å²) in [6, 6.07) is 0. The van der Waals surface area contributed by atoms with Gasteiger partial charge in [-0.15, -0.1) is 0 Å². The molecule has 0 radical (unpaired) electrons. The van der Waals surface area contributed by atoms with E-state index in [1.54, 1.807) is 20.8 Å². The molecule has 1 aliphatic rings. The van der Waals surface area contributed by atoms with Crippen LogP contribution >= 0.6 is 0 Å². The summed E-state index contributed by atoms with van der Waals surface area (Å²) in [7, 11) is 0. The molecule has 0 aromatic carbocycles. The van der Waals surface area contributed by atoms with Crippen molar-refractivity contribution >= 4 is 6.09 Å². The normalized spacial score (nSPS) is 29.3. The van der Waals surface area contributed by atoms with Crippen molar-refractivity contribution in [3.05, 3.63) is 0 Å². The lowest BCUT2D eigenvalue weighted by atomic mass is 9.86. The second-order valence-corrected chi connectivity index (χ2v) is 5.95. The van der Waals surface area contributed by atoms with Crippen LogP contribution in [0.25, 0.3) is 0 Å². The van der Waals surface area contributed by atoms with Crippen LogP contribution < -0.4 is 5.73 Å². The first-order valence-electron chi connectivity index (χ1n) is 5.92. The summed E-state index contributed by atoms with van der Waals surface area (Å²) in [4.78, 5) is 12.7. The molecule has 1 rings (SSSR count). The van der Waals surface area contributed by atoms with E-state index in [1.807, 2.05) is 0 Å². The lowest BCUT2D eigenvalue weighted by Gasteiger charge is -2.45. The van der Waals surface area contributed by atoms with E-state index in [1.165, 1.54) is 0 Å². The molecular weight excluding hydrogens is 259 g/mol. The summed E-state index contributed by atoms with van der Waals surface area (Å²) < 4.78 is 18.6. The fraction of sp³-hybridized carbons (Fsp3) is 0.909. The van der Waals surface area contributed by atoms with Gasteiger partial charge in [0.1, 0.15) is 17.3 Å². The number of alkyl halides is 1. The molecule has 2 unspecified atom stereocenters. The van der Waals surface area contributed by atoms with Gasteiger partial charge in [-0.25, -0.2) is 9.18 Å². The molecule has 0 aliphatic carbocycles. The van der Waals surface area contributed by atoms with Crippen molar-refractivity contribution in [1.29, 1.82) is 0 Å². The van der Waals surface area contributed by atoms with E-state index in [0.717, 1.165) is 4.90 Å². The maximum absolute atomic E-state index is 13.6. The van der Waals surface area contributed by atoms with Gasteiger partial charge in [0, 0.05) is 6.42 Å². The molecule has 5 N–H and O–H groups in total. The minimum Gasteiger partial charge on any atom is -0.444 e. The van der Waals surface area contributed by atoms with Crippen LogP contribution in [0.2, 0.25) is 0 Å². The van der Waals surface area contributed by atoms with Crippen molar-refractivity contribution in [2.75, 3.05) is 13.1 Å². The van der Waals surface area contributed by atoms with Gasteiger partial charge in [0.2, 0.25) is 0 Å². The molecule has 8 heteroatoms. The zero-order valence-electron chi connectivity index (χ0n) is 11.3. The van der Waals surface area contributed by atoms with Crippen LogP contribution in [0.3, 0.4) is 0 Å². The third-order valence-corrected chi connectivity index (χ3v) is 2.80. The van der Waals surface area contributed by atoms with Crippen LogP contribution in [0.4, 0.5) is 9.18 Å². The average Bonchev–Trinajstić information content (AvgIpc) is 2.11. The largest absolute Gasteiger partial charge is 0.444 e. The molecule has 0 spiro atoms. The second kappa shape index (κ2) is 4.86. The van der Waals surface area contributed by atoms with Crippen molar-refractivity contribution in [1.82, 2.24) is 4.90 Å². The first-order valence-corrected chi connectivity index (χ1v) is 5.92. The Balaban J connectivity index is 2.84. The van der Waals surface area contributed by atoms with Gasteiger partial charge in [-0.05, 0) is 20.8 Å². The molecule has 0 aromatic rings. The molecule has 0 bridgehead atoms. The highest BCUT2D eigenvalue weighted by Gasteiger charge is 2.52. The maximum Gasteiger partial charge on any atom is 0.410 e. The molecule has 1 fully saturated rings. The summed E-state index contributed by atoms with van der Waals surface area (Å²) in [6.45, 7) is 4.24. The van der Waals surface area contributed by atoms with E-state index >= 15 is 0 Å². The first kappa shape index (κ1) is 16.1. The van der Waals surface area contributed by atoms with Crippen molar-refractivity contribution < 1.29 is 29.2 Å². The van der Waals surface area contributed by atoms with E-state index in [-0.39, 0.29) is 6.54 Å². The Hall–Kier alpha value is -0.960. The zero-order chi connectivity index (χ0) is 15.1. The summed E-state index contributed by atoms with van der Waals surface area (Å²) in [5.74, 6) is -3.28. The SMILES string of the molecule is CC(C)(C)OC(=O)N1CC(F)CC(N)(C(O)(O)O)C1. The Labute approximate surface area is 110 Å². The van der Waals surface area contributed by atoms with Crippen LogP contribution in [0.5, 0.6) is 0 Å². The van der Waals surface area contributed by atoms with Crippen molar-refractivity contribution in [2.24, 2.45) is 5.73 Å².